The van der Waals surface area contributed by atoms with Gasteiger partial charge in [0.2, 0.25) is 10.9 Å². The van der Waals surface area contributed by atoms with Crippen LogP contribution in [0.5, 0.6) is 0 Å². The Morgan fingerprint density at radius 2 is 1.73 bits per heavy atom. The molecule has 0 bridgehead atoms. The molecule has 1 aliphatic rings. The Kier molecular flexibility index (Phi) is 3.90. The molecule has 116 valence electrons. The van der Waals surface area contributed by atoms with E-state index in [0.29, 0.717) is 23.2 Å². The van der Waals surface area contributed by atoms with E-state index in [9.17, 15) is 9.59 Å². The fourth-order valence-corrected chi connectivity index (χ4v) is 3.42. The van der Waals surface area contributed by atoms with E-state index in [1.54, 1.807) is 0 Å². The van der Waals surface area contributed by atoms with Gasteiger partial charge < -0.3 is 5.32 Å². The van der Waals surface area contributed by atoms with E-state index in [1.807, 2.05) is 32.0 Å². The molecule has 1 fully saturated rings. The summed E-state index contributed by atoms with van der Waals surface area (Å²) in [5, 5.41) is 3.38. The molecule has 1 saturated carbocycles. The Balaban J connectivity index is 1.93. The molecular weight excluding hydrogens is 274 g/mol. The first-order chi connectivity index (χ1) is 10.5. The lowest BCUT2D eigenvalue weighted by molar-refractivity contribution is 0.349. The molecule has 2 atom stereocenters. The average molecular weight is 297 g/mol. The van der Waals surface area contributed by atoms with Crippen LogP contribution in [0, 0.1) is 19.8 Å². The Morgan fingerprint density at radius 1 is 1.00 bits per heavy atom. The van der Waals surface area contributed by atoms with Crippen molar-refractivity contribution in [2.45, 2.75) is 52.5 Å². The maximum atomic E-state index is 12.0. The standard InChI is InChI=1S/C19H23NO2/c1-11-8-9-14(10-13(11)3)16-17(19(22)18(16)21)20-15-7-5-4-6-12(15)2/h8-10,12,15,20H,4-7H2,1-3H3/t12-,15-/m1/s1. The molecule has 3 nitrogen and oxygen atoms in total. The van der Waals surface area contributed by atoms with Gasteiger partial charge in [0.15, 0.2) is 0 Å². The van der Waals surface area contributed by atoms with Crippen LogP contribution in [0.2, 0.25) is 0 Å². The van der Waals surface area contributed by atoms with Crippen LogP contribution >= 0.6 is 0 Å². The summed E-state index contributed by atoms with van der Waals surface area (Å²) in [7, 11) is 0. The van der Waals surface area contributed by atoms with Crippen LogP contribution in [0.1, 0.15) is 43.7 Å². The van der Waals surface area contributed by atoms with Gasteiger partial charge >= 0.3 is 0 Å². The van der Waals surface area contributed by atoms with Crippen LogP contribution in [0.15, 0.2) is 27.8 Å². The summed E-state index contributed by atoms with van der Waals surface area (Å²) in [5.74, 6) is 0.547. The summed E-state index contributed by atoms with van der Waals surface area (Å²) in [6, 6.07) is 6.26. The van der Waals surface area contributed by atoms with E-state index >= 15 is 0 Å². The van der Waals surface area contributed by atoms with E-state index in [0.717, 1.165) is 17.5 Å². The highest BCUT2D eigenvalue weighted by atomic mass is 16.2. The summed E-state index contributed by atoms with van der Waals surface area (Å²) in [6.45, 7) is 6.29. The molecular formula is C19H23NO2. The van der Waals surface area contributed by atoms with Crippen molar-refractivity contribution in [3.63, 3.8) is 0 Å². The molecule has 0 heterocycles. The fraction of sp³-hybridized carbons (Fsp3) is 0.474. The molecule has 3 heteroatoms. The Labute approximate surface area is 131 Å². The van der Waals surface area contributed by atoms with E-state index < -0.39 is 0 Å². The highest BCUT2D eigenvalue weighted by Gasteiger charge is 2.28. The number of benzene rings is 1. The predicted octanol–water partition coefficient (Wildman–Crippen LogP) is 3.56. The summed E-state index contributed by atoms with van der Waals surface area (Å²) in [6.07, 6.45) is 4.71. The molecule has 3 rings (SSSR count). The van der Waals surface area contributed by atoms with Crippen molar-refractivity contribution >= 4 is 5.69 Å². The smallest absolute Gasteiger partial charge is 0.250 e. The van der Waals surface area contributed by atoms with Crippen LogP contribution in [0.3, 0.4) is 0 Å². The lowest BCUT2D eigenvalue weighted by Gasteiger charge is -2.31. The summed E-state index contributed by atoms with van der Waals surface area (Å²) < 4.78 is 0. The van der Waals surface area contributed by atoms with Gasteiger partial charge in [-0.15, -0.1) is 0 Å². The first-order valence-corrected chi connectivity index (χ1v) is 8.16. The predicted molar refractivity (Wildman–Crippen MR) is 91.3 cm³/mol. The van der Waals surface area contributed by atoms with Crippen molar-refractivity contribution in [1.82, 2.24) is 0 Å². The third-order valence-electron chi connectivity index (χ3n) is 5.15. The van der Waals surface area contributed by atoms with Gasteiger partial charge in [0.1, 0.15) is 0 Å². The van der Waals surface area contributed by atoms with Gasteiger partial charge in [-0.25, -0.2) is 0 Å². The third kappa shape index (κ3) is 2.49. The Morgan fingerprint density at radius 3 is 2.41 bits per heavy atom. The molecule has 1 N–H and O–H groups in total. The zero-order chi connectivity index (χ0) is 15.9. The second-order valence-electron chi connectivity index (χ2n) is 6.72. The van der Waals surface area contributed by atoms with Gasteiger partial charge in [-0.3, -0.25) is 9.59 Å². The van der Waals surface area contributed by atoms with Crippen molar-refractivity contribution in [2.75, 3.05) is 5.32 Å². The zero-order valence-corrected chi connectivity index (χ0v) is 13.5. The number of nitrogens with one attached hydrogen (secondary N) is 1. The van der Waals surface area contributed by atoms with Crippen LogP contribution < -0.4 is 16.2 Å². The number of aryl methyl sites for hydroxylation is 2. The van der Waals surface area contributed by atoms with E-state index in [4.69, 9.17) is 0 Å². The minimum atomic E-state index is -0.356. The summed E-state index contributed by atoms with van der Waals surface area (Å²) in [4.78, 5) is 24.1. The van der Waals surface area contributed by atoms with Gasteiger partial charge in [-0.2, -0.15) is 0 Å². The van der Waals surface area contributed by atoms with Crippen molar-refractivity contribution in [1.29, 1.82) is 0 Å². The lowest BCUT2D eigenvalue weighted by Crippen LogP contribution is -2.41. The first kappa shape index (κ1) is 15.0. The molecule has 0 saturated heterocycles. The van der Waals surface area contributed by atoms with E-state index in [2.05, 4.69) is 12.2 Å². The molecule has 2 aromatic carbocycles. The quantitative estimate of drug-likeness (QED) is 0.881. The van der Waals surface area contributed by atoms with Crippen molar-refractivity contribution in [3.05, 3.63) is 49.8 Å². The minimum Gasteiger partial charge on any atom is -0.378 e. The Bertz CT molecular complexity index is 768. The molecule has 0 aromatic heterocycles. The first-order valence-electron chi connectivity index (χ1n) is 8.16. The lowest BCUT2D eigenvalue weighted by atomic mass is 9.85. The number of anilines is 1. The molecule has 0 amide bonds. The van der Waals surface area contributed by atoms with Crippen molar-refractivity contribution in [3.8, 4) is 11.1 Å². The van der Waals surface area contributed by atoms with Crippen molar-refractivity contribution < 1.29 is 0 Å². The van der Waals surface area contributed by atoms with Crippen LogP contribution in [0.4, 0.5) is 5.69 Å². The normalized spacial score (nSPS) is 22.0. The molecule has 0 aliphatic heterocycles. The van der Waals surface area contributed by atoms with Crippen molar-refractivity contribution in [2.24, 2.45) is 5.92 Å². The zero-order valence-electron chi connectivity index (χ0n) is 13.5. The highest BCUT2D eigenvalue weighted by Crippen LogP contribution is 2.30. The molecule has 22 heavy (non-hydrogen) atoms. The van der Waals surface area contributed by atoms with E-state index in [-0.39, 0.29) is 10.9 Å². The minimum absolute atomic E-state index is 0.308. The largest absolute Gasteiger partial charge is 0.378 e. The van der Waals surface area contributed by atoms with Crippen LogP contribution in [-0.4, -0.2) is 6.04 Å². The van der Waals surface area contributed by atoms with Gasteiger partial charge in [-0.1, -0.05) is 38.0 Å². The SMILES string of the molecule is Cc1ccc(-c2c(N[C@@H]3CCCC[C@H]3C)c(=O)c2=O)cc1C. The molecule has 0 unspecified atom stereocenters. The number of rotatable bonds is 3. The maximum Gasteiger partial charge on any atom is 0.250 e. The number of hydrogen-bond acceptors (Lipinski definition) is 3. The maximum absolute atomic E-state index is 12.0. The second kappa shape index (κ2) is 5.71. The van der Waals surface area contributed by atoms with Crippen LogP contribution in [0.25, 0.3) is 11.1 Å². The topological polar surface area (TPSA) is 46.2 Å². The summed E-state index contributed by atoms with van der Waals surface area (Å²) in [5.41, 5.74) is 3.59. The average Bonchev–Trinajstić information content (AvgIpc) is 2.51. The van der Waals surface area contributed by atoms with Gasteiger partial charge in [0, 0.05) is 6.04 Å². The molecule has 0 spiro atoms. The third-order valence-corrected chi connectivity index (χ3v) is 5.15. The number of hydrogen-bond donors (Lipinski definition) is 1. The van der Waals surface area contributed by atoms with Crippen LogP contribution in [-0.2, 0) is 0 Å². The highest BCUT2D eigenvalue weighted by molar-refractivity contribution is 5.82. The monoisotopic (exact) mass is 297 g/mol. The summed E-state index contributed by atoms with van der Waals surface area (Å²) >= 11 is 0. The molecule has 1 aliphatic carbocycles. The molecule has 0 radical (unpaired) electrons. The van der Waals surface area contributed by atoms with Gasteiger partial charge in [-0.05, 0) is 49.3 Å². The molecule has 2 aromatic rings. The van der Waals surface area contributed by atoms with Gasteiger partial charge in [0.05, 0.1) is 11.3 Å². The van der Waals surface area contributed by atoms with Gasteiger partial charge in [0.25, 0.3) is 0 Å². The Hall–Kier alpha value is -1.90. The fourth-order valence-electron chi connectivity index (χ4n) is 3.42. The van der Waals surface area contributed by atoms with E-state index in [1.165, 1.54) is 24.8 Å². The second-order valence-corrected chi connectivity index (χ2v) is 6.72.